The van der Waals surface area contributed by atoms with E-state index in [-0.39, 0.29) is 37.4 Å². The molecule has 1 fully saturated rings. The normalized spacial score (nSPS) is 15.4. The molecule has 1 heterocycles. The first-order valence-corrected chi connectivity index (χ1v) is 11.5. The van der Waals surface area contributed by atoms with Crippen LogP contribution in [-0.2, 0) is 30.9 Å². The van der Waals surface area contributed by atoms with Gasteiger partial charge >= 0.3 is 5.97 Å². The molecule has 0 spiro atoms. The molecule has 31 heavy (non-hydrogen) atoms. The number of carbonyl (C=O) groups is 2. The second-order valence-electron chi connectivity index (χ2n) is 7.11. The topological polar surface area (TPSA) is 92.8 Å². The highest BCUT2D eigenvalue weighted by Gasteiger charge is 2.33. The van der Waals surface area contributed by atoms with Gasteiger partial charge in [-0.05, 0) is 48.7 Å². The van der Waals surface area contributed by atoms with Crippen molar-refractivity contribution in [2.75, 3.05) is 19.7 Å². The highest BCUT2D eigenvalue weighted by Crippen LogP contribution is 2.24. The van der Waals surface area contributed by atoms with Gasteiger partial charge in [0.05, 0.1) is 10.8 Å². The smallest absolute Gasteiger partial charge is 0.309 e. The summed E-state index contributed by atoms with van der Waals surface area (Å²) in [6.07, 6.45) is 0.557. The number of halogens is 2. The van der Waals surface area contributed by atoms with Crippen LogP contribution in [0.15, 0.2) is 53.4 Å². The van der Waals surface area contributed by atoms with E-state index < -0.39 is 40.2 Å². The minimum Gasteiger partial charge on any atom is -0.455 e. The molecule has 0 aromatic heterocycles. The second-order valence-corrected chi connectivity index (χ2v) is 9.45. The van der Waals surface area contributed by atoms with Crippen molar-refractivity contribution in [3.8, 4) is 0 Å². The number of rotatable bonds is 7. The van der Waals surface area contributed by atoms with E-state index in [1.807, 2.05) is 0 Å². The summed E-state index contributed by atoms with van der Waals surface area (Å²) in [5, 5.41) is 3.16. The zero-order valence-corrected chi connectivity index (χ0v) is 18.2. The highest BCUT2D eigenvalue weighted by molar-refractivity contribution is 7.89. The number of benzene rings is 2. The predicted octanol–water partition coefficient (Wildman–Crippen LogP) is 2.74. The Labute approximate surface area is 185 Å². The van der Waals surface area contributed by atoms with Crippen LogP contribution < -0.4 is 5.32 Å². The summed E-state index contributed by atoms with van der Waals surface area (Å²) in [6, 6.07) is 11.7. The lowest BCUT2D eigenvalue weighted by Gasteiger charge is -2.30. The minimum absolute atomic E-state index is 0.00474. The van der Waals surface area contributed by atoms with Gasteiger partial charge in [-0.15, -0.1) is 0 Å². The molecule has 0 aliphatic carbocycles. The molecule has 0 radical (unpaired) electrons. The zero-order valence-electron chi connectivity index (χ0n) is 16.6. The van der Waals surface area contributed by atoms with Crippen LogP contribution in [0.4, 0.5) is 4.39 Å². The van der Waals surface area contributed by atoms with E-state index in [0.29, 0.717) is 5.02 Å². The van der Waals surface area contributed by atoms with Crippen LogP contribution in [-0.4, -0.2) is 44.3 Å². The Morgan fingerprint density at radius 3 is 2.39 bits per heavy atom. The summed E-state index contributed by atoms with van der Waals surface area (Å²) in [5.74, 6) is -2.00. The molecule has 1 aliphatic heterocycles. The summed E-state index contributed by atoms with van der Waals surface area (Å²) < 4.78 is 44.7. The quantitative estimate of drug-likeness (QED) is 0.631. The third-order valence-electron chi connectivity index (χ3n) is 5.02. The molecule has 0 bridgehead atoms. The van der Waals surface area contributed by atoms with Crippen molar-refractivity contribution < 1.29 is 27.1 Å². The molecule has 1 aliphatic rings. The number of hydrogen-bond acceptors (Lipinski definition) is 5. The van der Waals surface area contributed by atoms with Crippen LogP contribution in [0, 0.1) is 11.7 Å². The number of sulfonamides is 1. The Balaban J connectivity index is 1.44. The number of carbonyl (C=O) groups excluding carboxylic acids is 2. The van der Waals surface area contributed by atoms with E-state index in [1.165, 1.54) is 16.4 Å². The van der Waals surface area contributed by atoms with Crippen LogP contribution in [0.5, 0.6) is 0 Å². The predicted molar refractivity (Wildman–Crippen MR) is 112 cm³/mol. The number of esters is 1. The number of piperidine rings is 1. The SMILES string of the molecule is O=C(COC(=O)C1CCN(S(=O)(=O)c2ccc(F)cc2)CC1)NCc1ccccc1Cl. The van der Waals surface area contributed by atoms with Crippen LogP contribution in [0.2, 0.25) is 5.02 Å². The Morgan fingerprint density at radius 2 is 1.74 bits per heavy atom. The van der Waals surface area contributed by atoms with E-state index in [4.69, 9.17) is 16.3 Å². The van der Waals surface area contributed by atoms with Gasteiger partial charge in [0.25, 0.3) is 5.91 Å². The third-order valence-corrected chi connectivity index (χ3v) is 7.30. The molecule has 1 N–H and O–H groups in total. The first kappa shape index (κ1) is 23.2. The van der Waals surface area contributed by atoms with Gasteiger partial charge in [0.15, 0.2) is 6.61 Å². The minimum atomic E-state index is -3.75. The van der Waals surface area contributed by atoms with Crippen molar-refractivity contribution in [1.29, 1.82) is 0 Å². The van der Waals surface area contributed by atoms with Crippen molar-refractivity contribution in [2.24, 2.45) is 5.92 Å². The summed E-state index contributed by atoms with van der Waals surface area (Å²) >= 11 is 6.03. The average Bonchev–Trinajstić information content (AvgIpc) is 2.77. The summed E-state index contributed by atoms with van der Waals surface area (Å²) in [7, 11) is -3.75. The molecule has 2 aromatic carbocycles. The molecule has 0 unspecified atom stereocenters. The Hall–Kier alpha value is -2.49. The maximum absolute atomic E-state index is 13.0. The maximum atomic E-state index is 13.0. The van der Waals surface area contributed by atoms with Crippen LogP contribution in [0.3, 0.4) is 0 Å². The lowest BCUT2D eigenvalue weighted by Crippen LogP contribution is -2.41. The maximum Gasteiger partial charge on any atom is 0.309 e. The van der Waals surface area contributed by atoms with Crippen molar-refractivity contribution >= 4 is 33.5 Å². The molecule has 1 saturated heterocycles. The number of amides is 1. The van der Waals surface area contributed by atoms with Crippen molar-refractivity contribution in [3.05, 3.63) is 64.9 Å². The first-order chi connectivity index (χ1) is 14.8. The fraction of sp³-hybridized carbons (Fsp3) is 0.333. The first-order valence-electron chi connectivity index (χ1n) is 9.70. The van der Waals surface area contributed by atoms with Gasteiger partial charge < -0.3 is 10.1 Å². The van der Waals surface area contributed by atoms with E-state index in [9.17, 15) is 22.4 Å². The van der Waals surface area contributed by atoms with Gasteiger partial charge in [0, 0.05) is 24.7 Å². The van der Waals surface area contributed by atoms with Crippen LogP contribution in [0.1, 0.15) is 18.4 Å². The number of nitrogens with one attached hydrogen (secondary N) is 1. The van der Waals surface area contributed by atoms with E-state index >= 15 is 0 Å². The Morgan fingerprint density at radius 1 is 1.10 bits per heavy atom. The molecule has 10 heteroatoms. The van der Waals surface area contributed by atoms with Crippen molar-refractivity contribution in [2.45, 2.75) is 24.3 Å². The molecule has 7 nitrogen and oxygen atoms in total. The van der Waals surface area contributed by atoms with Gasteiger partial charge in [-0.3, -0.25) is 9.59 Å². The highest BCUT2D eigenvalue weighted by atomic mass is 35.5. The largest absolute Gasteiger partial charge is 0.455 e. The van der Waals surface area contributed by atoms with Crippen molar-refractivity contribution in [3.63, 3.8) is 0 Å². The van der Waals surface area contributed by atoms with Gasteiger partial charge in [-0.1, -0.05) is 29.8 Å². The fourth-order valence-electron chi connectivity index (χ4n) is 3.23. The number of hydrogen-bond donors (Lipinski definition) is 1. The van der Waals surface area contributed by atoms with E-state index in [0.717, 1.165) is 17.7 Å². The van der Waals surface area contributed by atoms with Crippen molar-refractivity contribution in [1.82, 2.24) is 9.62 Å². The van der Waals surface area contributed by atoms with Gasteiger partial charge in [0.1, 0.15) is 5.82 Å². The lowest BCUT2D eigenvalue weighted by molar-refractivity contribution is -0.153. The molecular weight excluding hydrogens is 447 g/mol. The summed E-state index contributed by atoms with van der Waals surface area (Å²) in [5.41, 5.74) is 0.749. The third kappa shape index (κ3) is 6.03. The summed E-state index contributed by atoms with van der Waals surface area (Å²) in [6.45, 7) is 0.0728. The number of ether oxygens (including phenoxy) is 1. The van der Waals surface area contributed by atoms with Crippen LogP contribution in [0.25, 0.3) is 0 Å². The second kappa shape index (κ2) is 10.2. The molecular formula is C21H22ClFN2O5S. The van der Waals surface area contributed by atoms with Gasteiger partial charge in [0.2, 0.25) is 10.0 Å². The molecule has 0 saturated carbocycles. The van der Waals surface area contributed by atoms with Crippen LogP contribution >= 0.6 is 11.6 Å². The molecule has 1 amide bonds. The standard InChI is InChI=1S/C21H22ClFN2O5S/c22-19-4-2-1-3-16(19)13-24-20(26)14-30-21(27)15-9-11-25(12-10-15)31(28,29)18-7-5-17(23)6-8-18/h1-8,15H,9-14H2,(H,24,26). The lowest BCUT2D eigenvalue weighted by atomic mass is 9.98. The fourth-order valence-corrected chi connectivity index (χ4v) is 4.90. The zero-order chi connectivity index (χ0) is 22.4. The molecule has 0 atom stereocenters. The number of nitrogens with zero attached hydrogens (tertiary/aromatic N) is 1. The molecule has 2 aromatic rings. The van der Waals surface area contributed by atoms with E-state index in [1.54, 1.807) is 24.3 Å². The monoisotopic (exact) mass is 468 g/mol. The van der Waals surface area contributed by atoms with Gasteiger partial charge in [-0.2, -0.15) is 4.31 Å². The molecule has 3 rings (SSSR count). The van der Waals surface area contributed by atoms with Gasteiger partial charge in [-0.25, -0.2) is 12.8 Å². The Bertz CT molecular complexity index is 1040. The molecule has 166 valence electrons. The summed E-state index contributed by atoms with van der Waals surface area (Å²) in [4.78, 5) is 24.2. The van der Waals surface area contributed by atoms with E-state index in [2.05, 4.69) is 5.32 Å². The Kier molecular flexibility index (Phi) is 7.64. The average molecular weight is 469 g/mol.